The van der Waals surface area contributed by atoms with Gasteiger partial charge in [0.2, 0.25) is 0 Å². The molecular formula is C18H27N3O3S. The number of aliphatic hydroxyl groups is 1. The third-order valence-electron chi connectivity index (χ3n) is 5.90. The van der Waals surface area contributed by atoms with Crippen molar-refractivity contribution in [1.82, 2.24) is 14.9 Å². The number of hydrogen-bond donors (Lipinski definition) is 1. The summed E-state index contributed by atoms with van der Waals surface area (Å²) in [5, 5.41) is 12.2. The number of aromatic nitrogens is 2. The first-order chi connectivity index (χ1) is 12.2. The van der Waals surface area contributed by atoms with Crippen LogP contribution < -0.4 is 0 Å². The van der Waals surface area contributed by atoms with Gasteiger partial charge in [0.1, 0.15) is 0 Å². The fraction of sp³-hybridized carbons (Fsp3) is 0.778. The molecule has 3 fully saturated rings. The van der Waals surface area contributed by atoms with Gasteiger partial charge in [-0.3, -0.25) is 4.90 Å². The second-order valence-corrected chi connectivity index (χ2v) is 8.52. The minimum absolute atomic E-state index is 0.153. The van der Waals surface area contributed by atoms with Crippen molar-refractivity contribution in [1.29, 1.82) is 0 Å². The van der Waals surface area contributed by atoms with Crippen LogP contribution in [-0.4, -0.2) is 70.3 Å². The normalized spacial score (nSPS) is 35.8. The Hall–Kier alpha value is -0.730. The second kappa shape index (κ2) is 7.48. The van der Waals surface area contributed by atoms with Crippen LogP contribution in [0.5, 0.6) is 0 Å². The monoisotopic (exact) mass is 365 g/mol. The first kappa shape index (κ1) is 17.7. The maximum atomic E-state index is 11.4. The highest BCUT2D eigenvalue weighted by Crippen LogP contribution is 2.44. The molecule has 1 N–H and O–H groups in total. The second-order valence-electron chi connectivity index (χ2n) is 7.29. The van der Waals surface area contributed by atoms with Gasteiger partial charge in [-0.25, -0.2) is 9.97 Å². The van der Waals surface area contributed by atoms with E-state index in [1.165, 1.54) is 0 Å². The molecule has 25 heavy (non-hydrogen) atoms. The zero-order valence-electron chi connectivity index (χ0n) is 14.8. The summed E-state index contributed by atoms with van der Waals surface area (Å²) in [6.45, 7) is 6.51. The number of hydrogen-bond acceptors (Lipinski definition) is 7. The van der Waals surface area contributed by atoms with Crippen molar-refractivity contribution in [2.24, 2.45) is 11.8 Å². The van der Waals surface area contributed by atoms with Gasteiger partial charge in [-0.2, -0.15) is 0 Å². The van der Waals surface area contributed by atoms with Crippen molar-refractivity contribution in [2.75, 3.05) is 38.7 Å². The summed E-state index contributed by atoms with van der Waals surface area (Å²) in [6.07, 6.45) is 5.59. The van der Waals surface area contributed by atoms with Crippen LogP contribution >= 0.6 is 11.8 Å². The number of likely N-dealkylation sites (tertiary alicyclic amines) is 1. The average molecular weight is 365 g/mol. The van der Waals surface area contributed by atoms with Gasteiger partial charge in [0.25, 0.3) is 0 Å². The maximum Gasteiger partial charge on any atom is 0.187 e. The van der Waals surface area contributed by atoms with E-state index >= 15 is 0 Å². The van der Waals surface area contributed by atoms with Crippen LogP contribution in [0.4, 0.5) is 0 Å². The Morgan fingerprint density at radius 2 is 2.08 bits per heavy atom. The number of ether oxygens (including phenoxy) is 2. The molecule has 4 rings (SSSR count). The van der Waals surface area contributed by atoms with Crippen molar-refractivity contribution < 1.29 is 14.6 Å². The van der Waals surface area contributed by atoms with Gasteiger partial charge in [0.15, 0.2) is 5.16 Å². The Bertz CT molecular complexity index is 587. The Morgan fingerprint density at radius 3 is 2.88 bits per heavy atom. The third-order valence-corrected chi connectivity index (χ3v) is 6.66. The molecule has 0 unspecified atom stereocenters. The number of nitrogens with zero attached hydrogens (tertiary/aromatic N) is 3. The number of piperidine rings is 1. The molecule has 4 atom stereocenters. The summed E-state index contributed by atoms with van der Waals surface area (Å²) in [7, 11) is 0. The molecule has 0 saturated carbocycles. The van der Waals surface area contributed by atoms with E-state index in [-0.39, 0.29) is 11.8 Å². The lowest BCUT2D eigenvalue weighted by Crippen LogP contribution is -2.67. The standard InChI is InChI=1S/C18H27N3O3S/c1-2-25-17-19-7-13(8-20-17)9-21-10-14-11-24-6-4-18(14,22)15-12-23-5-3-16(15)21/h7-8,14-16,22H,2-6,9-12H2,1H3/t14-,15+,16-,18-/m1/s1. The molecule has 0 spiro atoms. The van der Waals surface area contributed by atoms with Gasteiger partial charge in [0.05, 0.1) is 18.8 Å². The van der Waals surface area contributed by atoms with Gasteiger partial charge in [-0.1, -0.05) is 18.7 Å². The molecule has 0 amide bonds. The van der Waals surface area contributed by atoms with Crippen molar-refractivity contribution in [3.63, 3.8) is 0 Å². The van der Waals surface area contributed by atoms with Crippen LogP contribution in [0.15, 0.2) is 17.6 Å². The molecule has 1 aromatic rings. The Kier molecular flexibility index (Phi) is 5.29. The molecule has 3 aliphatic rings. The maximum absolute atomic E-state index is 11.4. The topological polar surface area (TPSA) is 67.7 Å². The SMILES string of the molecule is CCSc1ncc(CN2C[C@@H]3COCC[C@]3(O)[C@H]3COCC[C@H]32)cn1. The first-order valence-electron chi connectivity index (χ1n) is 9.26. The fourth-order valence-corrected chi connectivity index (χ4v) is 5.13. The van der Waals surface area contributed by atoms with Crippen LogP contribution in [0.1, 0.15) is 25.3 Å². The molecule has 1 aromatic heterocycles. The van der Waals surface area contributed by atoms with E-state index in [1.807, 2.05) is 12.4 Å². The average Bonchev–Trinajstić information content (AvgIpc) is 2.64. The molecule has 4 heterocycles. The fourth-order valence-electron chi connectivity index (χ4n) is 4.61. The largest absolute Gasteiger partial charge is 0.389 e. The Balaban J connectivity index is 1.52. The zero-order chi connectivity index (χ0) is 17.3. The lowest BCUT2D eigenvalue weighted by atomic mass is 9.66. The molecule has 7 heteroatoms. The Labute approximate surface area is 153 Å². The van der Waals surface area contributed by atoms with Crippen molar-refractivity contribution in [3.05, 3.63) is 18.0 Å². The summed E-state index contributed by atoms with van der Waals surface area (Å²) < 4.78 is 11.4. The molecular weight excluding hydrogens is 338 g/mol. The molecule has 0 aromatic carbocycles. The van der Waals surface area contributed by atoms with Crippen LogP contribution in [-0.2, 0) is 16.0 Å². The van der Waals surface area contributed by atoms with Crippen LogP contribution in [0.2, 0.25) is 0 Å². The number of fused-ring (bicyclic) bond motifs is 3. The first-order valence-corrected chi connectivity index (χ1v) is 10.2. The molecule has 6 nitrogen and oxygen atoms in total. The smallest absolute Gasteiger partial charge is 0.187 e. The molecule has 0 radical (unpaired) electrons. The lowest BCUT2D eigenvalue weighted by molar-refractivity contribution is -0.221. The molecule has 0 aliphatic carbocycles. The van der Waals surface area contributed by atoms with Crippen molar-refractivity contribution in [3.8, 4) is 0 Å². The van der Waals surface area contributed by atoms with E-state index < -0.39 is 5.60 Å². The van der Waals surface area contributed by atoms with Crippen molar-refractivity contribution in [2.45, 2.75) is 43.1 Å². The molecule has 3 saturated heterocycles. The zero-order valence-corrected chi connectivity index (χ0v) is 15.6. The molecule has 138 valence electrons. The number of rotatable bonds is 4. The van der Waals surface area contributed by atoms with E-state index in [0.29, 0.717) is 25.9 Å². The van der Waals surface area contributed by atoms with Crippen LogP contribution in [0, 0.1) is 11.8 Å². The molecule has 0 bridgehead atoms. The lowest BCUT2D eigenvalue weighted by Gasteiger charge is -2.57. The van der Waals surface area contributed by atoms with Crippen LogP contribution in [0.25, 0.3) is 0 Å². The van der Waals surface area contributed by atoms with E-state index in [2.05, 4.69) is 21.8 Å². The summed E-state index contributed by atoms with van der Waals surface area (Å²) in [5.74, 6) is 1.30. The highest BCUT2D eigenvalue weighted by atomic mass is 32.2. The van der Waals surface area contributed by atoms with Gasteiger partial charge in [-0.05, 0) is 12.2 Å². The quantitative estimate of drug-likeness (QED) is 0.642. The third kappa shape index (κ3) is 3.45. The Morgan fingerprint density at radius 1 is 1.28 bits per heavy atom. The summed E-state index contributed by atoms with van der Waals surface area (Å²) in [5.41, 5.74) is 0.491. The predicted octanol–water partition coefficient (Wildman–Crippen LogP) is 1.58. The minimum atomic E-state index is -0.641. The van der Waals surface area contributed by atoms with E-state index in [0.717, 1.165) is 49.0 Å². The van der Waals surface area contributed by atoms with E-state index in [1.54, 1.807) is 11.8 Å². The highest BCUT2D eigenvalue weighted by molar-refractivity contribution is 7.99. The van der Waals surface area contributed by atoms with E-state index in [9.17, 15) is 5.11 Å². The van der Waals surface area contributed by atoms with Gasteiger partial charge in [-0.15, -0.1) is 0 Å². The van der Waals surface area contributed by atoms with Gasteiger partial charge in [0, 0.05) is 68.6 Å². The minimum Gasteiger partial charge on any atom is -0.389 e. The van der Waals surface area contributed by atoms with E-state index in [4.69, 9.17) is 9.47 Å². The predicted molar refractivity (Wildman–Crippen MR) is 95.4 cm³/mol. The van der Waals surface area contributed by atoms with Gasteiger partial charge < -0.3 is 14.6 Å². The highest BCUT2D eigenvalue weighted by Gasteiger charge is 2.55. The van der Waals surface area contributed by atoms with Crippen molar-refractivity contribution >= 4 is 11.8 Å². The van der Waals surface area contributed by atoms with Crippen LogP contribution in [0.3, 0.4) is 0 Å². The van der Waals surface area contributed by atoms with Gasteiger partial charge >= 0.3 is 0 Å². The summed E-state index contributed by atoms with van der Waals surface area (Å²) >= 11 is 1.66. The summed E-state index contributed by atoms with van der Waals surface area (Å²) in [6, 6.07) is 0.359. The molecule has 3 aliphatic heterocycles. The number of thioether (sulfide) groups is 1. The summed E-state index contributed by atoms with van der Waals surface area (Å²) in [4.78, 5) is 11.4.